The first-order valence-corrected chi connectivity index (χ1v) is 8.48. The number of halogens is 1. The van der Waals surface area contributed by atoms with E-state index in [1.807, 2.05) is 0 Å². The fourth-order valence-corrected chi connectivity index (χ4v) is 3.14. The van der Waals surface area contributed by atoms with Gasteiger partial charge in [-0.1, -0.05) is 20.3 Å². The number of hydrogen-bond donors (Lipinski definition) is 1. The molecule has 1 aromatic heterocycles. The van der Waals surface area contributed by atoms with Gasteiger partial charge >= 0.3 is 0 Å². The summed E-state index contributed by atoms with van der Waals surface area (Å²) in [6.07, 6.45) is 5.52. The first-order chi connectivity index (χ1) is 9.99. The Kier molecular flexibility index (Phi) is 5.81. The van der Waals surface area contributed by atoms with Crippen LogP contribution in [0.25, 0.3) is 0 Å². The minimum absolute atomic E-state index is 0.0642. The lowest BCUT2D eigenvalue weighted by Crippen LogP contribution is -2.41. The molecule has 1 saturated heterocycles. The smallest absolute Gasteiger partial charge is 0.283 e. The maximum atomic E-state index is 12.2. The lowest BCUT2D eigenvalue weighted by molar-refractivity contribution is 0.194. The first kappa shape index (κ1) is 16.5. The van der Waals surface area contributed by atoms with E-state index in [9.17, 15) is 4.79 Å². The third-order valence-electron chi connectivity index (χ3n) is 3.97. The maximum Gasteiger partial charge on any atom is 0.283 e. The molecule has 1 aromatic rings. The Labute approximate surface area is 134 Å². The lowest BCUT2D eigenvalue weighted by atomic mass is 10.0. The molecule has 6 heteroatoms. The fraction of sp³-hybridized carbons (Fsp3) is 0.733. The van der Waals surface area contributed by atoms with Crippen molar-refractivity contribution in [1.82, 2.24) is 14.7 Å². The third-order valence-corrected chi connectivity index (χ3v) is 4.74. The van der Waals surface area contributed by atoms with Gasteiger partial charge < -0.3 is 10.2 Å². The summed E-state index contributed by atoms with van der Waals surface area (Å²) in [7, 11) is 2.17. The van der Waals surface area contributed by atoms with E-state index in [-0.39, 0.29) is 5.56 Å². The minimum Gasteiger partial charge on any atom is -0.381 e. The molecule has 0 amide bonds. The molecule has 0 radical (unpaired) electrons. The van der Waals surface area contributed by atoms with Crippen LogP contribution in [0.2, 0.25) is 0 Å². The van der Waals surface area contributed by atoms with Crippen LogP contribution in [0, 0.1) is 5.92 Å². The highest BCUT2D eigenvalue weighted by Crippen LogP contribution is 2.19. The molecule has 1 fully saturated rings. The number of hydrogen-bond acceptors (Lipinski definition) is 4. The number of likely N-dealkylation sites (tertiary alicyclic amines) is 1. The van der Waals surface area contributed by atoms with Crippen molar-refractivity contribution in [1.29, 1.82) is 0 Å². The molecule has 1 unspecified atom stereocenters. The molecule has 1 N–H and O–H groups in total. The van der Waals surface area contributed by atoms with Crippen molar-refractivity contribution in [2.24, 2.45) is 5.92 Å². The van der Waals surface area contributed by atoms with E-state index in [1.54, 1.807) is 6.20 Å². The van der Waals surface area contributed by atoms with Gasteiger partial charge in [-0.3, -0.25) is 4.79 Å². The van der Waals surface area contributed by atoms with Crippen LogP contribution in [0.1, 0.15) is 33.1 Å². The predicted octanol–water partition coefficient (Wildman–Crippen LogP) is 2.56. The van der Waals surface area contributed by atoms with E-state index in [2.05, 4.69) is 52.1 Å². The molecule has 0 aliphatic carbocycles. The Balaban J connectivity index is 2.03. The van der Waals surface area contributed by atoms with E-state index >= 15 is 0 Å². The Morgan fingerprint density at radius 2 is 2.24 bits per heavy atom. The molecule has 118 valence electrons. The molecular formula is C15H25BrN4O. The zero-order valence-corrected chi connectivity index (χ0v) is 14.7. The normalized spacial score (nSPS) is 20.0. The second kappa shape index (κ2) is 7.40. The summed E-state index contributed by atoms with van der Waals surface area (Å²) in [5.74, 6) is 0.400. The SMILES string of the molecule is CC(C)Cn1ncc(NCC2CCCCN2C)c(Br)c1=O. The maximum absolute atomic E-state index is 12.2. The number of likely N-dealkylation sites (N-methyl/N-ethyl adjacent to an activating group) is 1. The van der Waals surface area contributed by atoms with Gasteiger partial charge in [0.1, 0.15) is 4.47 Å². The summed E-state index contributed by atoms with van der Waals surface area (Å²) in [6, 6.07) is 0.531. The Morgan fingerprint density at radius 1 is 1.48 bits per heavy atom. The van der Waals surface area contributed by atoms with Crippen LogP contribution in [0.15, 0.2) is 15.5 Å². The zero-order chi connectivity index (χ0) is 15.4. The Bertz CT molecular complexity index is 529. The van der Waals surface area contributed by atoms with E-state index in [0.29, 0.717) is 23.0 Å². The Morgan fingerprint density at radius 3 is 2.90 bits per heavy atom. The molecular weight excluding hydrogens is 332 g/mol. The van der Waals surface area contributed by atoms with Gasteiger partial charge in [-0.15, -0.1) is 0 Å². The van der Waals surface area contributed by atoms with E-state index in [1.165, 1.54) is 23.9 Å². The van der Waals surface area contributed by atoms with Gasteiger partial charge in [0.25, 0.3) is 5.56 Å². The molecule has 0 bridgehead atoms. The highest BCUT2D eigenvalue weighted by molar-refractivity contribution is 9.10. The standard InChI is InChI=1S/C15H25BrN4O/c1-11(2)10-20-15(21)14(16)13(9-18-20)17-8-12-6-4-5-7-19(12)3/h9,11-12,17H,4-8,10H2,1-3H3. The molecule has 0 spiro atoms. The van der Waals surface area contributed by atoms with Gasteiger partial charge in [0.05, 0.1) is 11.9 Å². The summed E-state index contributed by atoms with van der Waals surface area (Å²) in [5.41, 5.74) is 0.727. The van der Waals surface area contributed by atoms with Crippen molar-refractivity contribution < 1.29 is 0 Å². The first-order valence-electron chi connectivity index (χ1n) is 7.68. The van der Waals surface area contributed by atoms with E-state index in [4.69, 9.17) is 0 Å². The quantitative estimate of drug-likeness (QED) is 0.880. The molecule has 1 aliphatic heterocycles. The van der Waals surface area contributed by atoms with Crippen molar-refractivity contribution in [3.05, 3.63) is 21.0 Å². The highest BCUT2D eigenvalue weighted by atomic mass is 79.9. The summed E-state index contributed by atoms with van der Waals surface area (Å²) in [4.78, 5) is 14.6. The van der Waals surface area contributed by atoms with Gasteiger partial charge in [0, 0.05) is 19.1 Å². The van der Waals surface area contributed by atoms with Gasteiger partial charge in [-0.05, 0) is 48.3 Å². The summed E-state index contributed by atoms with van der Waals surface area (Å²) in [5, 5.41) is 7.63. The van der Waals surface area contributed by atoms with E-state index < -0.39 is 0 Å². The number of rotatable bonds is 5. The monoisotopic (exact) mass is 356 g/mol. The van der Waals surface area contributed by atoms with Crippen LogP contribution in [0.4, 0.5) is 5.69 Å². The summed E-state index contributed by atoms with van der Waals surface area (Å²) < 4.78 is 2.10. The summed E-state index contributed by atoms with van der Waals surface area (Å²) >= 11 is 3.41. The van der Waals surface area contributed by atoms with Crippen LogP contribution < -0.4 is 10.9 Å². The molecule has 5 nitrogen and oxygen atoms in total. The van der Waals surface area contributed by atoms with Crippen LogP contribution in [-0.2, 0) is 6.54 Å². The van der Waals surface area contributed by atoms with Gasteiger partial charge in [-0.2, -0.15) is 5.10 Å². The van der Waals surface area contributed by atoms with Gasteiger partial charge in [0.2, 0.25) is 0 Å². The average molecular weight is 357 g/mol. The van der Waals surface area contributed by atoms with Crippen molar-refractivity contribution in [3.63, 3.8) is 0 Å². The minimum atomic E-state index is -0.0642. The topological polar surface area (TPSA) is 50.2 Å². The van der Waals surface area contributed by atoms with E-state index in [0.717, 1.165) is 18.8 Å². The van der Waals surface area contributed by atoms with Crippen molar-refractivity contribution in [2.75, 3.05) is 25.5 Å². The molecule has 2 heterocycles. The Hall–Kier alpha value is -0.880. The van der Waals surface area contributed by atoms with Crippen LogP contribution in [-0.4, -0.2) is 40.9 Å². The molecule has 1 aliphatic rings. The average Bonchev–Trinajstić information content (AvgIpc) is 2.44. The third kappa shape index (κ3) is 4.30. The van der Waals surface area contributed by atoms with Gasteiger partial charge in [-0.25, -0.2) is 4.68 Å². The van der Waals surface area contributed by atoms with Crippen molar-refractivity contribution >= 4 is 21.6 Å². The summed E-state index contributed by atoms with van der Waals surface area (Å²) in [6.45, 7) is 6.80. The number of nitrogens with zero attached hydrogens (tertiary/aromatic N) is 3. The molecule has 0 saturated carbocycles. The number of aromatic nitrogens is 2. The number of piperidine rings is 1. The van der Waals surface area contributed by atoms with Crippen LogP contribution in [0.5, 0.6) is 0 Å². The molecule has 0 aromatic carbocycles. The second-order valence-corrected chi connectivity index (χ2v) is 7.06. The van der Waals surface area contributed by atoms with Crippen molar-refractivity contribution in [3.8, 4) is 0 Å². The lowest BCUT2D eigenvalue weighted by Gasteiger charge is -2.32. The zero-order valence-electron chi connectivity index (χ0n) is 13.1. The molecule has 1 atom stereocenters. The predicted molar refractivity (Wildman–Crippen MR) is 89.8 cm³/mol. The number of anilines is 1. The molecule has 21 heavy (non-hydrogen) atoms. The largest absolute Gasteiger partial charge is 0.381 e. The second-order valence-electron chi connectivity index (χ2n) is 6.26. The highest BCUT2D eigenvalue weighted by Gasteiger charge is 2.19. The molecule has 2 rings (SSSR count). The number of nitrogens with one attached hydrogen (secondary N) is 1. The van der Waals surface area contributed by atoms with Crippen LogP contribution >= 0.6 is 15.9 Å². The van der Waals surface area contributed by atoms with Crippen LogP contribution in [0.3, 0.4) is 0 Å². The van der Waals surface area contributed by atoms with Crippen molar-refractivity contribution in [2.45, 2.75) is 45.7 Å². The fourth-order valence-electron chi connectivity index (χ4n) is 2.69. The van der Waals surface area contributed by atoms with Gasteiger partial charge in [0.15, 0.2) is 0 Å².